The maximum Gasteiger partial charge on any atom is 0.339 e. The second-order valence-corrected chi connectivity index (χ2v) is 7.87. The molecule has 0 bridgehead atoms. The van der Waals surface area contributed by atoms with Crippen molar-refractivity contribution in [1.29, 1.82) is 0 Å². The van der Waals surface area contributed by atoms with Crippen molar-refractivity contribution in [2.24, 2.45) is 0 Å². The molecule has 1 aliphatic heterocycles. The third-order valence-corrected chi connectivity index (χ3v) is 5.80. The van der Waals surface area contributed by atoms with E-state index in [2.05, 4.69) is 6.92 Å². The van der Waals surface area contributed by atoms with Gasteiger partial charge in [0.1, 0.15) is 5.75 Å². The Balaban J connectivity index is 1.73. The van der Waals surface area contributed by atoms with Crippen LogP contribution in [0.4, 0.5) is 0 Å². The summed E-state index contributed by atoms with van der Waals surface area (Å²) in [6.07, 6.45) is 6.05. The Morgan fingerprint density at radius 2 is 1.83 bits per heavy atom. The lowest BCUT2D eigenvalue weighted by atomic mass is 10.1. The number of thioether (sulfide) groups is 1. The number of allylic oxidation sites excluding steroid dienone is 1. The smallest absolute Gasteiger partial charge is 0.339 e. The largest absolute Gasteiger partial charge is 0.494 e. The molecule has 0 N–H and O–H groups in total. The maximum atomic E-state index is 12.8. The maximum absolute atomic E-state index is 12.8. The minimum Gasteiger partial charge on any atom is -0.494 e. The summed E-state index contributed by atoms with van der Waals surface area (Å²) in [5.74, 6) is 0.379. The quantitative estimate of drug-likeness (QED) is 0.282. The zero-order valence-electron chi connectivity index (χ0n) is 16.9. The molecule has 2 aromatic rings. The van der Waals surface area contributed by atoms with Crippen molar-refractivity contribution in [3.8, 4) is 5.75 Å². The minimum atomic E-state index is -0.360. The van der Waals surface area contributed by atoms with Gasteiger partial charge in [0.15, 0.2) is 0 Å². The molecule has 0 atom stereocenters. The van der Waals surface area contributed by atoms with E-state index in [0.29, 0.717) is 34.1 Å². The van der Waals surface area contributed by atoms with Crippen LogP contribution in [0.2, 0.25) is 0 Å². The van der Waals surface area contributed by atoms with Gasteiger partial charge in [0.2, 0.25) is 5.78 Å². The molecule has 0 fully saturated rings. The number of benzene rings is 2. The molecule has 0 aliphatic carbocycles. The van der Waals surface area contributed by atoms with E-state index in [-0.39, 0.29) is 11.8 Å². The molecular formula is C24H26O4S. The number of esters is 1. The molecule has 0 amide bonds. The summed E-state index contributed by atoms with van der Waals surface area (Å²) in [6.45, 7) is 5.11. The van der Waals surface area contributed by atoms with Crippen LogP contribution < -0.4 is 4.74 Å². The van der Waals surface area contributed by atoms with Crippen LogP contribution in [-0.2, 0) is 4.74 Å². The van der Waals surface area contributed by atoms with Crippen molar-refractivity contribution in [3.05, 3.63) is 64.1 Å². The standard InChI is InChI=1S/C24H26O4S/c1-3-5-6-7-15-28-24(26)20-10-8-9-19-22(25)21(29-23(19)20)16-17-11-13-18(14-12-17)27-4-2/h8-14,16H,3-7,15H2,1-2H3/b21-16-. The molecule has 152 valence electrons. The molecule has 0 saturated heterocycles. The lowest BCUT2D eigenvalue weighted by molar-refractivity contribution is 0.0493. The van der Waals surface area contributed by atoms with Crippen LogP contribution in [0.5, 0.6) is 5.75 Å². The van der Waals surface area contributed by atoms with Crippen LogP contribution in [0, 0.1) is 0 Å². The van der Waals surface area contributed by atoms with E-state index in [1.807, 2.05) is 37.3 Å². The van der Waals surface area contributed by atoms with Gasteiger partial charge in [-0.1, -0.05) is 56.1 Å². The van der Waals surface area contributed by atoms with Crippen molar-refractivity contribution in [2.75, 3.05) is 13.2 Å². The van der Waals surface area contributed by atoms with Crippen LogP contribution in [0.25, 0.3) is 6.08 Å². The molecule has 29 heavy (non-hydrogen) atoms. The molecule has 5 heteroatoms. The van der Waals surface area contributed by atoms with Gasteiger partial charge < -0.3 is 9.47 Å². The summed E-state index contributed by atoms with van der Waals surface area (Å²) in [7, 11) is 0. The summed E-state index contributed by atoms with van der Waals surface area (Å²) in [5.41, 5.74) is 1.94. The Bertz CT molecular complexity index is 900. The second kappa shape index (κ2) is 10.3. The number of ketones is 1. The Kier molecular flexibility index (Phi) is 7.53. The number of hydrogen-bond donors (Lipinski definition) is 0. The number of carbonyl (C=O) groups excluding carboxylic acids is 2. The van der Waals surface area contributed by atoms with Gasteiger partial charge >= 0.3 is 5.97 Å². The summed E-state index contributed by atoms with van der Waals surface area (Å²) in [5, 5.41) is 0. The normalized spacial score (nSPS) is 14.1. The first-order valence-corrected chi connectivity index (χ1v) is 10.9. The zero-order valence-corrected chi connectivity index (χ0v) is 17.7. The number of fused-ring (bicyclic) bond motifs is 1. The Labute approximate surface area is 176 Å². The molecule has 3 rings (SSSR count). The van der Waals surface area contributed by atoms with Crippen LogP contribution in [0.15, 0.2) is 52.3 Å². The second-order valence-electron chi connectivity index (χ2n) is 6.82. The molecule has 0 spiro atoms. The lowest BCUT2D eigenvalue weighted by Gasteiger charge is -2.07. The SMILES string of the molecule is CCCCCCOC(=O)c1cccc2c1S/C(=C\c1ccc(OCC)cc1)C2=O. The number of carbonyl (C=O) groups is 2. The van der Waals surface area contributed by atoms with Crippen LogP contribution in [0.1, 0.15) is 65.8 Å². The highest BCUT2D eigenvalue weighted by Gasteiger charge is 2.30. The van der Waals surface area contributed by atoms with Gasteiger partial charge in [-0.25, -0.2) is 4.79 Å². The van der Waals surface area contributed by atoms with Crippen LogP contribution in [0.3, 0.4) is 0 Å². The van der Waals surface area contributed by atoms with Crippen LogP contribution >= 0.6 is 11.8 Å². The van der Waals surface area contributed by atoms with E-state index in [4.69, 9.17) is 9.47 Å². The summed E-state index contributed by atoms with van der Waals surface area (Å²) < 4.78 is 10.9. The number of rotatable bonds is 9. The lowest BCUT2D eigenvalue weighted by Crippen LogP contribution is -2.08. The molecule has 1 aliphatic rings. The van der Waals surface area contributed by atoms with Crippen molar-refractivity contribution in [2.45, 2.75) is 44.4 Å². The summed E-state index contributed by atoms with van der Waals surface area (Å²) >= 11 is 1.34. The average Bonchev–Trinajstić information content (AvgIpc) is 3.05. The fourth-order valence-corrected chi connectivity index (χ4v) is 4.27. The van der Waals surface area contributed by atoms with Crippen molar-refractivity contribution < 1.29 is 19.1 Å². The first-order valence-electron chi connectivity index (χ1n) is 10.1. The highest BCUT2D eigenvalue weighted by molar-refractivity contribution is 8.05. The molecule has 0 aromatic heterocycles. The summed E-state index contributed by atoms with van der Waals surface area (Å²) in [6, 6.07) is 12.8. The fourth-order valence-electron chi connectivity index (χ4n) is 3.12. The van der Waals surface area contributed by atoms with Gasteiger partial charge in [0.25, 0.3) is 0 Å². The Morgan fingerprint density at radius 3 is 2.55 bits per heavy atom. The molecule has 2 aromatic carbocycles. The first kappa shape index (κ1) is 21.2. The van der Waals surface area contributed by atoms with E-state index in [1.165, 1.54) is 11.8 Å². The highest BCUT2D eigenvalue weighted by Crippen LogP contribution is 2.43. The van der Waals surface area contributed by atoms with Crippen molar-refractivity contribution >= 4 is 29.6 Å². The zero-order chi connectivity index (χ0) is 20.6. The third-order valence-electron chi connectivity index (χ3n) is 4.64. The van der Waals surface area contributed by atoms with Crippen molar-refractivity contribution in [3.63, 3.8) is 0 Å². The molecular weight excluding hydrogens is 384 g/mol. The number of hydrogen-bond acceptors (Lipinski definition) is 5. The van der Waals surface area contributed by atoms with Gasteiger partial charge in [-0.05, 0) is 49.2 Å². The number of ether oxygens (including phenoxy) is 2. The average molecular weight is 411 g/mol. The fraction of sp³-hybridized carbons (Fsp3) is 0.333. The van der Waals surface area contributed by atoms with E-state index in [1.54, 1.807) is 18.2 Å². The number of unbranched alkanes of at least 4 members (excludes halogenated alkanes) is 3. The van der Waals surface area contributed by atoms with Crippen LogP contribution in [-0.4, -0.2) is 25.0 Å². The predicted molar refractivity (Wildman–Crippen MR) is 117 cm³/mol. The Morgan fingerprint density at radius 1 is 1.03 bits per heavy atom. The summed E-state index contributed by atoms with van der Waals surface area (Å²) in [4.78, 5) is 26.6. The molecule has 1 heterocycles. The van der Waals surface area contributed by atoms with Crippen molar-refractivity contribution in [1.82, 2.24) is 0 Å². The number of Topliss-reactive ketones (excluding diaryl/α,β-unsaturated/α-hetero) is 1. The van der Waals surface area contributed by atoms with Gasteiger partial charge in [-0.15, -0.1) is 0 Å². The third kappa shape index (κ3) is 5.30. The predicted octanol–water partition coefficient (Wildman–Crippen LogP) is 6.15. The Hall–Kier alpha value is -2.53. The minimum absolute atomic E-state index is 0.0588. The van der Waals surface area contributed by atoms with Gasteiger partial charge in [-0.3, -0.25) is 4.79 Å². The topological polar surface area (TPSA) is 52.6 Å². The monoisotopic (exact) mass is 410 g/mol. The van der Waals surface area contributed by atoms with Gasteiger partial charge in [0, 0.05) is 10.5 Å². The van der Waals surface area contributed by atoms with E-state index in [0.717, 1.165) is 37.0 Å². The van der Waals surface area contributed by atoms with Gasteiger partial charge in [0.05, 0.1) is 23.7 Å². The molecule has 0 unspecified atom stereocenters. The molecule has 4 nitrogen and oxygen atoms in total. The van der Waals surface area contributed by atoms with Gasteiger partial charge in [-0.2, -0.15) is 0 Å². The van der Waals surface area contributed by atoms with E-state index in [9.17, 15) is 9.59 Å². The van der Waals surface area contributed by atoms with E-state index >= 15 is 0 Å². The molecule has 0 saturated carbocycles. The highest BCUT2D eigenvalue weighted by atomic mass is 32.2. The molecule has 0 radical (unpaired) electrons. The van der Waals surface area contributed by atoms with E-state index < -0.39 is 0 Å². The first-order chi connectivity index (χ1) is 14.1.